The van der Waals surface area contributed by atoms with Gasteiger partial charge in [-0.1, -0.05) is 26.8 Å². The van der Waals surface area contributed by atoms with Gasteiger partial charge in [-0.3, -0.25) is 0 Å². The summed E-state index contributed by atoms with van der Waals surface area (Å²) >= 11 is 0. The maximum absolute atomic E-state index is 5.90. The minimum absolute atomic E-state index is 0.202. The Balaban J connectivity index is 2.71. The summed E-state index contributed by atoms with van der Waals surface area (Å²) in [5, 5.41) is 3.44. The number of ether oxygens (including phenoxy) is 2. The minimum atomic E-state index is 0.202. The Bertz CT molecular complexity index is 377. The zero-order valence-corrected chi connectivity index (χ0v) is 12.8. The Kier molecular flexibility index (Phi) is 6.71. The molecule has 0 fully saturated rings. The number of hydrogen-bond donors (Lipinski definition) is 1. The average molecular weight is 265 g/mol. The first kappa shape index (κ1) is 15.8. The smallest absolute Gasteiger partial charge is 0.161 e. The van der Waals surface area contributed by atoms with Crippen molar-refractivity contribution >= 4 is 0 Å². The van der Waals surface area contributed by atoms with E-state index in [9.17, 15) is 0 Å². The van der Waals surface area contributed by atoms with E-state index >= 15 is 0 Å². The lowest BCUT2D eigenvalue weighted by Crippen LogP contribution is -2.19. The lowest BCUT2D eigenvalue weighted by atomic mass is 10.1. The molecule has 1 aromatic rings. The molecule has 0 aliphatic carbocycles. The van der Waals surface area contributed by atoms with E-state index < -0.39 is 0 Å². The summed E-state index contributed by atoms with van der Waals surface area (Å²) in [6.07, 6.45) is 1.19. The molecule has 0 heterocycles. The second-order valence-corrected chi connectivity index (χ2v) is 5.35. The molecule has 0 amide bonds. The second kappa shape index (κ2) is 8.05. The van der Waals surface area contributed by atoms with Gasteiger partial charge in [-0.15, -0.1) is 0 Å². The van der Waals surface area contributed by atoms with Gasteiger partial charge >= 0.3 is 0 Å². The molecule has 3 heteroatoms. The van der Waals surface area contributed by atoms with Crippen LogP contribution in [0.5, 0.6) is 11.5 Å². The van der Waals surface area contributed by atoms with Gasteiger partial charge in [-0.2, -0.15) is 0 Å². The highest BCUT2D eigenvalue weighted by molar-refractivity contribution is 5.43. The van der Waals surface area contributed by atoms with E-state index in [-0.39, 0.29) is 6.10 Å². The van der Waals surface area contributed by atoms with Crippen LogP contribution in [0.3, 0.4) is 0 Å². The van der Waals surface area contributed by atoms with E-state index in [1.807, 2.05) is 6.07 Å². The molecule has 0 saturated carbocycles. The van der Waals surface area contributed by atoms with E-state index in [4.69, 9.17) is 9.47 Å². The van der Waals surface area contributed by atoms with E-state index in [0.29, 0.717) is 5.92 Å². The van der Waals surface area contributed by atoms with Crippen LogP contribution in [0.2, 0.25) is 0 Å². The zero-order valence-electron chi connectivity index (χ0n) is 12.8. The largest absolute Gasteiger partial charge is 0.493 e. The quantitative estimate of drug-likeness (QED) is 0.778. The maximum Gasteiger partial charge on any atom is 0.161 e. The number of nitrogens with one attached hydrogen (secondary N) is 1. The normalized spacial score (nSPS) is 12.5. The van der Waals surface area contributed by atoms with Gasteiger partial charge in [0, 0.05) is 6.54 Å². The summed E-state index contributed by atoms with van der Waals surface area (Å²) in [5.41, 5.74) is 1.22. The maximum atomic E-state index is 5.90. The number of rotatable bonds is 8. The van der Waals surface area contributed by atoms with Gasteiger partial charge in [-0.25, -0.2) is 0 Å². The lowest BCUT2D eigenvalue weighted by Gasteiger charge is -2.17. The van der Waals surface area contributed by atoms with Crippen LogP contribution in [0.15, 0.2) is 18.2 Å². The summed E-state index contributed by atoms with van der Waals surface area (Å²) in [5.74, 6) is 2.29. The topological polar surface area (TPSA) is 30.5 Å². The molecule has 0 radical (unpaired) electrons. The molecule has 0 aliphatic heterocycles. The van der Waals surface area contributed by atoms with Crippen molar-refractivity contribution in [3.05, 3.63) is 23.8 Å². The molecule has 0 aliphatic rings. The molecule has 1 rings (SSSR count). The Labute approximate surface area is 117 Å². The fraction of sp³-hybridized carbons (Fsp3) is 0.625. The Morgan fingerprint density at radius 2 is 1.89 bits per heavy atom. The molecule has 19 heavy (non-hydrogen) atoms. The van der Waals surface area contributed by atoms with Crippen molar-refractivity contribution in [2.45, 2.75) is 46.8 Å². The predicted molar refractivity (Wildman–Crippen MR) is 79.9 cm³/mol. The van der Waals surface area contributed by atoms with Crippen molar-refractivity contribution in [1.82, 2.24) is 5.32 Å². The van der Waals surface area contributed by atoms with Gasteiger partial charge < -0.3 is 14.8 Å². The van der Waals surface area contributed by atoms with E-state index in [1.165, 1.54) is 5.56 Å². The molecular formula is C16H27NO2. The Hall–Kier alpha value is -1.22. The summed E-state index contributed by atoms with van der Waals surface area (Å²) in [6, 6.07) is 6.12. The first-order valence-electron chi connectivity index (χ1n) is 7.11. The lowest BCUT2D eigenvalue weighted by molar-refractivity contribution is 0.207. The summed E-state index contributed by atoms with van der Waals surface area (Å²) in [4.78, 5) is 0. The highest BCUT2D eigenvalue weighted by Gasteiger charge is 2.09. The van der Waals surface area contributed by atoms with Crippen LogP contribution in [-0.4, -0.2) is 19.8 Å². The standard InChI is InChI=1S/C16H27NO2/c1-6-13(4)19-16-9-14(7-8-15(16)18-5)11-17-10-12(2)3/h7-9,12-13,17H,6,10-11H2,1-5H3. The van der Waals surface area contributed by atoms with Crippen LogP contribution in [0, 0.1) is 5.92 Å². The minimum Gasteiger partial charge on any atom is -0.493 e. The molecule has 1 N–H and O–H groups in total. The average Bonchev–Trinajstić information content (AvgIpc) is 2.38. The monoisotopic (exact) mass is 265 g/mol. The predicted octanol–water partition coefficient (Wildman–Crippen LogP) is 3.62. The molecule has 1 aromatic carbocycles. The van der Waals surface area contributed by atoms with Gasteiger partial charge in [0.2, 0.25) is 0 Å². The third-order valence-electron chi connectivity index (χ3n) is 3.01. The van der Waals surface area contributed by atoms with Crippen molar-refractivity contribution in [3.8, 4) is 11.5 Å². The highest BCUT2D eigenvalue weighted by Crippen LogP contribution is 2.29. The van der Waals surface area contributed by atoms with Gasteiger partial charge in [-0.05, 0) is 43.5 Å². The van der Waals surface area contributed by atoms with Crippen molar-refractivity contribution < 1.29 is 9.47 Å². The highest BCUT2D eigenvalue weighted by atomic mass is 16.5. The van der Waals surface area contributed by atoms with Crippen LogP contribution in [0.4, 0.5) is 0 Å². The Morgan fingerprint density at radius 1 is 1.16 bits per heavy atom. The molecule has 0 spiro atoms. The number of benzene rings is 1. The molecule has 1 atom stereocenters. The van der Waals surface area contributed by atoms with Crippen LogP contribution in [-0.2, 0) is 6.54 Å². The number of hydrogen-bond acceptors (Lipinski definition) is 3. The van der Waals surface area contributed by atoms with Crippen molar-refractivity contribution in [2.24, 2.45) is 5.92 Å². The molecule has 0 bridgehead atoms. The molecule has 0 aromatic heterocycles. The van der Waals surface area contributed by atoms with E-state index in [1.54, 1.807) is 7.11 Å². The van der Waals surface area contributed by atoms with Crippen LogP contribution in [0.1, 0.15) is 39.7 Å². The molecule has 108 valence electrons. The fourth-order valence-corrected chi connectivity index (χ4v) is 1.73. The van der Waals surface area contributed by atoms with Gasteiger partial charge in [0.15, 0.2) is 11.5 Å². The van der Waals surface area contributed by atoms with Gasteiger partial charge in [0.1, 0.15) is 0 Å². The first-order chi connectivity index (χ1) is 9.06. The van der Waals surface area contributed by atoms with Crippen LogP contribution < -0.4 is 14.8 Å². The third kappa shape index (κ3) is 5.52. The molecule has 0 saturated heterocycles. The molecule has 3 nitrogen and oxygen atoms in total. The summed E-state index contributed by atoms with van der Waals surface area (Å²) < 4.78 is 11.2. The second-order valence-electron chi connectivity index (χ2n) is 5.35. The molecular weight excluding hydrogens is 238 g/mol. The van der Waals surface area contributed by atoms with Crippen molar-refractivity contribution in [1.29, 1.82) is 0 Å². The van der Waals surface area contributed by atoms with E-state index in [2.05, 4.69) is 45.1 Å². The van der Waals surface area contributed by atoms with E-state index in [0.717, 1.165) is 31.0 Å². The zero-order chi connectivity index (χ0) is 14.3. The van der Waals surface area contributed by atoms with Crippen LogP contribution in [0.25, 0.3) is 0 Å². The SMILES string of the molecule is CCC(C)Oc1cc(CNCC(C)C)ccc1OC. The Morgan fingerprint density at radius 3 is 2.47 bits per heavy atom. The van der Waals surface area contributed by atoms with Gasteiger partial charge in [0.05, 0.1) is 13.2 Å². The fourth-order valence-electron chi connectivity index (χ4n) is 1.73. The van der Waals surface area contributed by atoms with Crippen LogP contribution >= 0.6 is 0 Å². The van der Waals surface area contributed by atoms with Crippen molar-refractivity contribution in [3.63, 3.8) is 0 Å². The third-order valence-corrected chi connectivity index (χ3v) is 3.01. The first-order valence-corrected chi connectivity index (χ1v) is 7.11. The van der Waals surface area contributed by atoms with Crippen molar-refractivity contribution in [2.75, 3.05) is 13.7 Å². The summed E-state index contributed by atoms with van der Waals surface area (Å²) in [6.45, 7) is 10.5. The van der Waals surface area contributed by atoms with Gasteiger partial charge in [0.25, 0.3) is 0 Å². The summed E-state index contributed by atoms with van der Waals surface area (Å²) in [7, 11) is 1.68. The number of methoxy groups -OCH3 is 1. The molecule has 1 unspecified atom stereocenters.